The quantitative estimate of drug-likeness (QED) is 0.675. The van der Waals surface area contributed by atoms with E-state index in [-0.39, 0.29) is 0 Å². The van der Waals surface area contributed by atoms with Crippen LogP contribution in [0.15, 0.2) is 64.5 Å². The van der Waals surface area contributed by atoms with E-state index in [1.165, 1.54) is 5.56 Å². The molecule has 2 aromatic carbocycles. The summed E-state index contributed by atoms with van der Waals surface area (Å²) >= 11 is 5.21. The van der Waals surface area contributed by atoms with E-state index in [0.29, 0.717) is 0 Å². The second-order valence-corrected chi connectivity index (χ2v) is 6.39. The average molecular weight is 359 g/mol. The van der Waals surface area contributed by atoms with E-state index in [2.05, 4.69) is 61.9 Å². The molecule has 1 aromatic heterocycles. The van der Waals surface area contributed by atoms with Crippen molar-refractivity contribution < 1.29 is 0 Å². The van der Waals surface area contributed by atoms with Crippen molar-refractivity contribution in [2.24, 2.45) is 0 Å². The minimum atomic E-state index is 0.896. The summed E-state index contributed by atoms with van der Waals surface area (Å²) in [4.78, 5) is 4.65. The molecule has 0 bridgehead atoms. The molecule has 21 heavy (non-hydrogen) atoms. The topological polar surface area (TPSA) is 24.9 Å². The Morgan fingerprint density at radius 2 is 1.76 bits per heavy atom. The number of hydrogen-bond acceptors (Lipinski definition) is 3. The zero-order chi connectivity index (χ0) is 14.5. The van der Waals surface area contributed by atoms with E-state index in [1.54, 1.807) is 11.3 Å². The Morgan fingerprint density at radius 1 is 1.00 bits per heavy atom. The van der Waals surface area contributed by atoms with Gasteiger partial charge in [-0.05, 0) is 18.1 Å². The SMILES string of the molecule is Brc1ccccc1-c1csc(NCCc2ccccc2)n1. The molecule has 0 spiro atoms. The second kappa shape index (κ2) is 6.87. The molecule has 106 valence electrons. The van der Waals surface area contributed by atoms with Gasteiger partial charge < -0.3 is 5.32 Å². The number of benzene rings is 2. The van der Waals surface area contributed by atoms with Gasteiger partial charge in [-0.1, -0.05) is 64.5 Å². The van der Waals surface area contributed by atoms with Crippen molar-refractivity contribution in [1.29, 1.82) is 0 Å². The lowest BCUT2D eigenvalue weighted by Gasteiger charge is -2.03. The first-order valence-electron chi connectivity index (χ1n) is 6.81. The second-order valence-electron chi connectivity index (χ2n) is 4.68. The number of rotatable bonds is 5. The van der Waals surface area contributed by atoms with Crippen LogP contribution in [0.3, 0.4) is 0 Å². The molecule has 0 aliphatic rings. The van der Waals surface area contributed by atoms with Crippen molar-refractivity contribution in [2.45, 2.75) is 6.42 Å². The van der Waals surface area contributed by atoms with Gasteiger partial charge in [-0.3, -0.25) is 0 Å². The molecule has 1 N–H and O–H groups in total. The zero-order valence-electron chi connectivity index (χ0n) is 11.4. The van der Waals surface area contributed by atoms with Crippen LogP contribution < -0.4 is 5.32 Å². The number of nitrogens with zero attached hydrogens (tertiary/aromatic N) is 1. The van der Waals surface area contributed by atoms with E-state index < -0.39 is 0 Å². The van der Waals surface area contributed by atoms with Crippen LogP contribution in [-0.2, 0) is 6.42 Å². The molecule has 0 saturated carbocycles. The van der Waals surface area contributed by atoms with Gasteiger partial charge in [0, 0.05) is 22.0 Å². The van der Waals surface area contributed by atoms with Crippen LogP contribution in [0.25, 0.3) is 11.3 Å². The van der Waals surface area contributed by atoms with Gasteiger partial charge in [0.05, 0.1) is 5.69 Å². The first kappa shape index (κ1) is 14.3. The lowest BCUT2D eigenvalue weighted by atomic mass is 10.1. The van der Waals surface area contributed by atoms with Gasteiger partial charge in [0.2, 0.25) is 0 Å². The van der Waals surface area contributed by atoms with Crippen LogP contribution in [0.2, 0.25) is 0 Å². The van der Waals surface area contributed by atoms with Crippen molar-refractivity contribution in [3.05, 3.63) is 70.0 Å². The van der Waals surface area contributed by atoms with Crippen molar-refractivity contribution in [2.75, 3.05) is 11.9 Å². The van der Waals surface area contributed by atoms with Gasteiger partial charge in [-0.2, -0.15) is 0 Å². The summed E-state index contributed by atoms with van der Waals surface area (Å²) < 4.78 is 1.08. The molecule has 0 fully saturated rings. The van der Waals surface area contributed by atoms with Crippen LogP contribution in [0.1, 0.15) is 5.56 Å². The maximum atomic E-state index is 4.65. The van der Waals surface area contributed by atoms with Crippen molar-refractivity contribution >= 4 is 32.4 Å². The molecule has 0 aliphatic heterocycles. The van der Waals surface area contributed by atoms with Crippen LogP contribution in [0, 0.1) is 0 Å². The number of nitrogens with one attached hydrogen (secondary N) is 1. The van der Waals surface area contributed by atoms with Gasteiger partial charge in [-0.15, -0.1) is 11.3 Å². The summed E-state index contributed by atoms with van der Waals surface area (Å²) in [5.41, 5.74) is 3.48. The lowest BCUT2D eigenvalue weighted by molar-refractivity contribution is 1.02. The molecule has 4 heteroatoms. The van der Waals surface area contributed by atoms with Crippen molar-refractivity contribution in [3.63, 3.8) is 0 Å². The monoisotopic (exact) mass is 358 g/mol. The van der Waals surface area contributed by atoms with E-state index in [4.69, 9.17) is 0 Å². The van der Waals surface area contributed by atoms with Crippen LogP contribution >= 0.6 is 27.3 Å². The Hall–Kier alpha value is -1.65. The Labute approximate surface area is 137 Å². The number of halogens is 1. The number of aromatic nitrogens is 1. The average Bonchev–Trinajstić information content (AvgIpc) is 2.97. The molecule has 0 saturated heterocycles. The predicted octanol–water partition coefficient (Wildman–Crippen LogP) is 5.23. The predicted molar refractivity (Wildman–Crippen MR) is 93.9 cm³/mol. The van der Waals surface area contributed by atoms with Gasteiger partial charge in [0.1, 0.15) is 0 Å². The Balaban J connectivity index is 1.62. The summed E-state index contributed by atoms with van der Waals surface area (Å²) in [6, 6.07) is 18.6. The Morgan fingerprint density at radius 3 is 2.57 bits per heavy atom. The molecule has 0 radical (unpaired) electrons. The van der Waals surface area contributed by atoms with Crippen molar-refractivity contribution in [3.8, 4) is 11.3 Å². The number of hydrogen-bond donors (Lipinski definition) is 1. The summed E-state index contributed by atoms with van der Waals surface area (Å²) in [6.45, 7) is 0.896. The smallest absolute Gasteiger partial charge is 0.183 e. The molecule has 0 unspecified atom stereocenters. The maximum Gasteiger partial charge on any atom is 0.183 e. The van der Waals surface area contributed by atoms with Crippen LogP contribution in [0.5, 0.6) is 0 Å². The first-order valence-corrected chi connectivity index (χ1v) is 8.48. The lowest BCUT2D eigenvalue weighted by Crippen LogP contribution is -2.04. The van der Waals surface area contributed by atoms with E-state index in [1.807, 2.05) is 24.3 Å². The largest absolute Gasteiger partial charge is 0.361 e. The molecule has 2 nitrogen and oxygen atoms in total. The minimum Gasteiger partial charge on any atom is -0.361 e. The number of anilines is 1. The third kappa shape index (κ3) is 3.71. The summed E-state index contributed by atoms with van der Waals surface area (Å²) in [7, 11) is 0. The fourth-order valence-electron chi connectivity index (χ4n) is 2.11. The van der Waals surface area contributed by atoms with E-state index in [9.17, 15) is 0 Å². The molecule has 0 aliphatic carbocycles. The highest BCUT2D eigenvalue weighted by atomic mass is 79.9. The highest BCUT2D eigenvalue weighted by Crippen LogP contribution is 2.30. The van der Waals surface area contributed by atoms with Gasteiger partial charge in [0.15, 0.2) is 5.13 Å². The molecule has 3 rings (SSSR count). The van der Waals surface area contributed by atoms with E-state index >= 15 is 0 Å². The zero-order valence-corrected chi connectivity index (χ0v) is 13.8. The van der Waals surface area contributed by atoms with E-state index in [0.717, 1.165) is 33.8 Å². The molecule has 1 heterocycles. The highest BCUT2D eigenvalue weighted by Gasteiger charge is 2.07. The fourth-order valence-corrected chi connectivity index (χ4v) is 3.33. The molecular formula is C17H15BrN2S. The van der Waals surface area contributed by atoms with Gasteiger partial charge in [0.25, 0.3) is 0 Å². The molecule has 3 aromatic rings. The van der Waals surface area contributed by atoms with Gasteiger partial charge >= 0.3 is 0 Å². The molecular weight excluding hydrogens is 344 g/mol. The third-order valence-electron chi connectivity index (χ3n) is 3.19. The first-order chi connectivity index (χ1) is 10.3. The Bertz CT molecular complexity index is 710. The number of thiazole rings is 1. The van der Waals surface area contributed by atoms with Crippen LogP contribution in [0.4, 0.5) is 5.13 Å². The minimum absolute atomic E-state index is 0.896. The summed E-state index contributed by atoms with van der Waals surface area (Å²) in [6.07, 6.45) is 1.00. The summed E-state index contributed by atoms with van der Waals surface area (Å²) in [5, 5.41) is 6.45. The van der Waals surface area contributed by atoms with Crippen LogP contribution in [-0.4, -0.2) is 11.5 Å². The van der Waals surface area contributed by atoms with Crippen molar-refractivity contribution in [1.82, 2.24) is 4.98 Å². The fraction of sp³-hybridized carbons (Fsp3) is 0.118. The molecule has 0 amide bonds. The summed E-state index contributed by atoms with van der Waals surface area (Å²) in [5.74, 6) is 0. The van der Waals surface area contributed by atoms with Gasteiger partial charge in [-0.25, -0.2) is 4.98 Å². The molecule has 0 atom stereocenters. The maximum absolute atomic E-state index is 4.65. The third-order valence-corrected chi connectivity index (χ3v) is 4.68. The Kier molecular flexibility index (Phi) is 4.68. The standard InChI is InChI=1S/C17H15BrN2S/c18-15-9-5-4-8-14(15)16-12-21-17(20-16)19-11-10-13-6-2-1-3-7-13/h1-9,12H,10-11H2,(H,19,20). The normalized spacial score (nSPS) is 10.5. The highest BCUT2D eigenvalue weighted by molar-refractivity contribution is 9.10.